The summed E-state index contributed by atoms with van der Waals surface area (Å²) in [4.78, 5) is 4.16. The fourth-order valence-corrected chi connectivity index (χ4v) is 2.51. The van der Waals surface area contributed by atoms with E-state index in [2.05, 4.69) is 10.3 Å². The van der Waals surface area contributed by atoms with E-state index in [-0.39, 0.29) is 11.9 Å². The molecule has 1 heterocycles. The van der Waals surface area contributed by atoms with Crippen molar-refractivity contribution in [3.8, 4) is 0 Å². The van der Waals surface area contributed by atoms with E-state index >= 15 is 0 Å². The summed E-state index contributed by atoms with van der Waals surface area (Å²) in [5, 5.41) is 4.23. The number of thiazole rings is 1. The Morgan fingerprint density at radius 2 is 2.28 bits per heavy atom. The normalized spacial score (nSPS) is 12.7. The van der Waals surface area contributed by atoms with Crippen molar-refractivity contribution in [1.29, 1.82) is 0 Å². The van der Waals surface area contributed by atoms with E-state index in [0.29, 0.717) is 16.4 Å². The maximum atomic E-state index is 13.5. The molecule has 0 amide bonds. The van der Waals surface area contributed by atoms with Crippen LogP contribution in [0.15, 0.2) is 24.4 Å². The van der Waals surface area contributed by atoms with Crippen LogP contribution in [0.2, 0.25) is 4.34 Å². The van der Waals surface area contributed by atoms with Crippen molar-refractivity contribution in [1.82, 2.24) is 10.3 Å². The van der Waals surface area contributed by atoms with Gasteiger partial charge in [-0.15, -0.1) is 11.3 Å². The van der Waals surface area contributed by atoms with Crippen LogP contribution >= 0.6 is 22.9 Å². The van der Waals surface area contributed by atoms with E-state index in [1.165, 1.54) is 11.3 Å². The average molecular weight is 285 g/mol. The van der Waals surface area contributed by atoms with Gasteiger partial charge < -0.3 is 5.32 Å². The lowest BCUT2D eigenvalue weighted by Gasteiger charge is -2.13. The molecule has 5 heteroatoms. The lowest BCUT2D eigenvalue weighted by molar-refractivity contribution is 0.562. The van der Waals surface area contributed by atoms with Gasteiger partial charge in [-0.1, -0.05) is 23.7 Å². The zero-order chi connectivity index (χ0) is 13.1. The van der Waals surface area contributed by atoms with Crippen LogP contribution in [0.3, 0.4) is 0 Å². The van der Waals surface area contributed by atoms with Crippen LogP contribution in [0.1, 0.15) is 29.1 Å². The van der Waals surface area contributed by atoms with Gasteiger partial charge in [-0.05, 0) is 31.0 Å². The minimum atomic E-state index is -0.168. The van der Waals surface area contributed by atoms with Gasteiger partial charge >= 0.3 is 0 Å². The third kappa shape index (κ3) is 3.28. The third-order valence-corrected chi connectivity index (χ3v) is 3.90. The van der Waals surface area contributed by atoms with E-state index in [0.717, 1.165) is 10.6 Å². The van der Waals surface area contributed by atoms with Crippen molar-refractivity contribution < 1.29 is 4.39 Å². The zero-order valence-corrected chi connectivity index (χ0v) is 11.8. The molecule has 0 radical (unpaired) electrons. The molecule has 0 saturated heterocycles. The van der Waals surface area contributed by atoms with Crippen molar-refractivity contribution in [2.24, 2.45) is 0 Å². The molecule has 2 nitrogen and oxygen atoms in total. The molecule has 18 heavy (non-hydrogen) atoms. The Hall–Kier alpha value is -0.970. The summed E-state index contributed by atoms with van der Waals surface area (Å²) in [6.45, 7) is 4.39. The second-order valence-electron chi connectivity index (χ2n) is 4.17. The maximum absolute atomic E-state index is 13.5. The van der Waals surface area contributed by atoms with Gasteiger partial charge in [-0.3, -0.25) is 0 Å². The number of benzene rings is 1. The molecular formula is C13H14ClFN2S. The molecule has 0 bridgehead atoms. The van der Waals surface area contributed by atoms with Crippen LogP contribution in [0.4, 0.5) is 4.39 Å². The first kappa shape index (κ1) is 13.5. The number of hydrogen-bond donors (Lipinski definition) is 1. The van der Waals surface area contributed by atoms with E-state index < -0.39 is 0 Å². The van der Waals surface area contributed by atoms with Crippen LogP contribution < -0.4 is 5.32 Å². The Morgan fingerprint density at radius 3 is 2.89 bits per heavy atom. The monoisotopic (exact) mass is 284 g/mol. The van der Waals surface area contributed by atoms with Crippen molar-refractivity contribution >= 4 is 22.9 Å². The second-order valence-corrected chi connectivity index (χ2v) is 5.92. The Balaban J connectivity index is 1.99. The highest BCUT2D eigenvalue weighted by molar-refractivity contribution is 7.15. The molecule has 1 N–H and O–H groups in total. The molecule has 0 aliphatic carbocycles. The first-order chi connectivity index (χ1) is 8.56. The van der Waals surface area contributed by atoms with Gasteiger partial charge in [0.25, 0.3) is 0 Å². The quantitative estimate of drug-likeness (QED) is 0.914. The van der Waals surface area contributed by atoms with Crippen molar-refractivity contribution in [2.75, 3.05) is 0 Å². The second kappa shape index (κ2) is 5.78. The Bertz CT molecular complexity index is 542. The van der Waals surface area contributed by atoms with Crippen molar-refractivity contribution in [2.45, 2.75) is 26.4 Å². The summed E-state index contributed by atoms with van der Waals surface area (Å²) in [5.41, 5.74) is 1.60. The predicted octanol–water partition coefficient (Wildman–Crippen LogP) is 4.09. The van der Waals surface area contributed by atoms with Gasteiger partial charge in [0.1, 0.15) is 15.2 Å². The molecular weight excluding hydrogens is 271 g/mol. The number of nitrogens with zero attached hydrogens (tertiary/aromatic N) is 1. The largest absolute Gasteiger partial charge is 0.304 e. The summed E-state index contributed by atoms with van der Waals surface area (Å²) >= 11 is 7.26. The summed E-state index contributed by atoms with van der Waals surface area (Å²) in [5.74, 6) is -0.168. The Kier molecular flexibility index (Phi) is 4.32. The summed E-state index contributed by atoms with van der Waals surface area (Å²) in [7, 11) is 0. The zero-order valence-electron chi connectivity index (χ0n) is 10.2. The first-order valence-electron chi connectivity index (χ1n) is 5.66. The Labute approximate surface area is 115 Å². The van der Waals surface area contributed by atoms with Gasteiger partial charge in [0.15, 0.2) is 0 Å². The summed E-state index contributed by atoms with van der Waals surface area (Å²) in [6.07, 6.45) is 1.64. The number of rotatable bonds is 4. The van der Waals surface area contributed by atoms with Gasteiger partial charge in [-0.2, -0.15) is 0 Å². The standard InChI is InChI=1S/C13H14ClFN2S/c1-8-3-4-10(5-11(8)15)9(2)16-7-13-17-6-12(14)18-13/h3-6,9,16H,7H2,1-2H3. The highest BCUT2D eigenvalue weighted by Gasteiger charge is 2.08. The number of hydrogen-bond acceptors (Lipinski definition) is 3. The van der Waals surface area contributed by atoms with Crippen molar-refractivity contribution in [3.63, 3.8) is 0 Å². The molecule has 2 aromatic rings. The molecule has 1 unspecified atom stereocenters. The van der Waals surface area contributed by atoms with Crippen molar-refractivity contribution in [3.05, 3.63) is 50.7 Å². The van der Waals surface area contributed by atoms with Gasteiger partial charge in [0, 0.05) is 12.6 Å². The lowest BCUT2D eigenvalue weighted by atomic mass is 10.1. The number of nitrogens with one attached hydrogen (secondary N) is 1. The molecule has 2 rings (SSSR count). The highest BCUT2D eigenvalue weighted by Crippen LogP contribution is 2.20. The molecule has 0 spiro atoms. The van der Waals surface area contributed by atoms with Crippen LogP contribution in [0, 0.1) is 12.7 Å². The minimum absolute atomic E-state index is 0.0720. The summed E-state index contributed by atoms with van der Waals surface area (Å²) < 4.78 is 14.1. The molecule has 0 fully saturated rings. The maximum Gasteiger partial charge on any atom is 0.126 e. The molecule has 1 aromatic carbocycles. The topological polar surface area (TPSA) is 24.9 Å². The summed E-state index contributed by atoms with van der Waals surface area (Å²) in [6, 6.07) is 5.37. The number of aryl methyl sites for hydroxylation is 1. The molecule has 96 valence electrons. The average Bonchev–Trinajstić information content (AvgIpc) is 2.75. The number of halogens is 2. The van der Waals surface area contributed by atoms with Crippen LogP contribution in [-0.4, -0.2) is 4.98 Å². The fourth-order valence-electron chi connectivity index (χ4n) is 1.61. The molecule has 0 aliphatic heterocycles. The van der Waals surface area contributed by atoms with E-state index in [1.807, 2.05) is 13.0 Å². The van der Waals surface area contributed by atoms with Gasteiger partial charge in [0.2, 0.25) is 0 Å². The first-order valence-corrected chi connectivity index (χ1v) is 6.85. The SMILES string of the molecule is Cc1ccc(C(C)NCc2ncc(Cl)s2)cc1F. The fraction of sp³-hybridized carbons (Fsp3) is 0.308. The third-order valence-electron chi connectivity index (χ3n) is 2.78. The Morgan fingerprint density at radius 1 is 1.50 bits per heavy atom. The van der Waals surface area contributed by atoms with Crippen LogP contribution in [0.25, 0.3) is 0 Å². The molecule has 0 aliphatic rings. The predicted molar refractivity (Wildman–Crippen MR) is 73.5 cm³/mol. The molecule has 1 aromatic heterocycles. The van der Waals surface area contributed by atoms with Crippen LogP contribution in [0.5, 0.6) is 0 Å². The van der Waals surface area contributed by atoms with E-state index in [1.54, 1.807) is 25.3 Å². The minimum Gasteiger partial charge on any atom is -0.304 e. The molecule has 0 saturated carbocycles. The van der Waals surface area contributed by atoms with E-state index in [9.17, 15) is 4.39 Å². The van der Waals surface area contributed by atoms with Gasteiger partial charge in [-0.25, -0.2) is 9.37 Å². The van der Waals surface area contributed by atoms with Crippen LogP contribution in [-0.2, 0) is 6.54 Å². The van der Waals surface area contributed by atoms with E-state index in [4.69, 9.17) is 11.6 Å². The van der Waals surface area contributed by atoms with Gasteiger partial charge in [0.05, 0.1) is 6.20 Å². The lowest BCUT2D eigenvalue weighted by Crippen LogP contribution is -2.18. The highest BCUT2D eigenvalue weighted by atomic mass is 35.5. The number of aromatic nitrogens is 1. The molecule has 1 atom stereocenters. The smallest absolute Gasteiger partial charge is 0.126 e.